The Morgan fingerprint density at radius 3 is 2.63 bits per heavy atom. The van der Waals surface area contributed by atoms with Gasteiger partial charge in [-0.2, -0.15) is 0 Å². The smallest absolute Gasteiger partial charge is 0.338 e. The molecule has 4 aliphatic heterocycles. The third kappa shape index (κ3) is 2.78. The zero-order valence-electron chi connectivity index (χ0n) is 19.3. The molecule has 4 atom stereocenters. The predicted molar refractivity (Wildman–Crippen MR) is 128 cm³/mol. The average molecular weight is 494 g/mol. The number of benzene rings is 2. The fourth-order valence-corrected chi connectivity index (χ4v) is 6.92. The highest BCUT2D eigenvalue weighted by Crippen LogP contribution is 2.61. The first-order valence-electron chi connectivity index (χ1n) is 11.8. The van der Waals surface area contributed by atoms with Crippen molar-refractivity contribution in [1.82, 2.24) is 4.90 Å². The number of hydrogen-bond acceptors (Lipinski definition) is 6. The number of nitrogens with zero attached hydrogens (tertiary/aromatic N) is 2. The third-order valence-corrected chi connectivity index (χ3v) is 8.12. The monoisotopic (exact) mass is 493 g/mol. The molecule has 8 nitrogen and oxygen atoms in total. The van der Waals surface area contributed by atoms with Crippen LogP contribution < -0.4 is 10.2 Å². The molecule has 3 amide bonds. The molecule has 6 rings (SSSR count). The Balaban J connectivity index is 1.46. The summed E-state index contributed by atoms with van der Waals surface area (Å²) in [5.41, 5.74) is 1.60. The van der Waals surface area contributed by atoms with Crippen LogP contribution in [0.15, 0.2) is 36.4 Å². The second-order valence-electron chi connectivity index (χ2n) is 9.55. The molecule has 0 saturated carbocycles. The molecule has 35 heavy (non-hydrogen) atoms. The topological polar surface area (TPSA) is 96.0 Å². The third-order valence-electron chi connectivity index (χ3n) is 7.90. The van der Waals surface area contributed by atoms with Crippen molar-refractivity contribution in [3.63, 3.8) is 0 Å². The summed E-state index contributed by atoms with van der Waals surface area (Å²) in [6, 6.07) is 9.57. The van der Waals surface area contributed by atoms with Crippen LogP contribution in [0.2, 0.25) is 5.02 Å². The Hall–Kier alpha value is -3.23. The molecule has 180 valence electrons. The Bertz CT molecular complexity index is 1310. The van der Waals surface area contributed by atoms with Crippen molar-refractivity contribution in [2.45, 2.75) is 38.3 Å². The first kappa shape index (κ1) is 22.2. The van der Waals surface area contributed by atoms with Gasteiger partial charge in [0.1, 0.15) is 5.54 Å². The molecule has 4 aliphatic rings. The molecular weight excluding hydrogens is 470 g/mol. The first-order chi connectivity index (χ1) is 16.8. The van der Waals surface area contributed by atoms with E-state index in [2.05, 4.69) is 10.2 Å². The lowest BCUT2D eigenvalue weighted by molar-refractivity contribution is -0.135. The van der Waals surface area contributed by atoms with Crippen molar-refractivity contribution < 1.29 is 23.9 Å². The van der Waals surface area contributed by atoms with Crippen molar-refractivity contribution in [3.05, 3.63) is 58.1 Å². The molecule has 0 aromatic heterocycles. The van der Waals surface area contributed by atoms with E-state index in [1.165, 1.54) is 4.90 Å². The van der Waals surface area contributed by atoms with Crippen LogP contribution >= 0.6 is 11.6 Å². The molecule has 0 bridgehead atoms. The number of fused-ring (bicyclic) bond motifs is 7. The Kier molecular flexibility index (Phi) is 4.85. The molecule has 0 unspecified atom stereocenters. The van der Waals surface area contributed by atoms with Crippen LogP contribution in [0, 0.1) is 18.8 Å². The van der Waals surface area contributed by atoms with Gasteiger partial charge in [-0.15, -0.1) is 0 Å². The summed E-state index contributed by atoms with van der Waals surface area (Å²) in [7, 11) is 0. The van der Waals surface area contributed by atoms with Crippen LogP contribution in [-0.4, -0.2) is 47.8 Å². The van der Waals surface area contributed by atoms with E-state index in [4.69, 9.17) is 16.3 Å². The summed E-state index contributed by atoms with van der Waals surface area (Å²) in [6.07, 6.45) is 1.58. The number of carbonyl (C=O) groups excluding carboxylic acids is 4. The number of esters is 1. The summed E-state index contributed by atoms with van der Waals surface area (Å²) in [5.74, 6) is -2.95. The van der Waals surface area contributed by atoms with E-state index in [1.54, 1.807) is 43.3 Å². The number of halogens is 1. The van der Waals surface area contributed by atoms with Crippen molar-refractivity contribution in [2.75, 3.05) is 23.4 Å². The number of anilines is 2. The number of rotatable bonds is 3. The summed E-state index contributed by atoms with van der Waals surface area (Å²) in [6.45, 7) is 4.47. The fraction of sp³-hybridized carbons (Fsp3) is 0.385. The molecule has 9 heteroatoms. The number of hydrogen-bond donors (Lipinski definition) is 1. The van der Waals surface area contributed by atoms with Gasteiger partial charge in [-0.25, -0.2) is 9.69 Å². The van der Waals surface area contributed by atoms with Crippen molar-refractivity contribution in [1.29, 1.82) is 0 Å². The van der Waals surface area contributed by atoms with E-state index in [9.17, 15) is 19.2 Å². The second kappa shape index (κ2) is 7.63. The van der Waals surface area contributed by atoms with Crippen LogP contribution in [0.4, 0.5) is 11.4 Å². The molecule has 2 aromatic carbocycles. The van der Waals surface area contributed by atoms with Gasteiger partial charge in [0.25, 0.3) is 0 Å². The maximum atomic E-state index is 14.0. The van der Waals surface area contributed by atoms with Crippen LogP contribution in [0.3, 0.4) is 0 Å². The molecule has 4 heterocycles. The highest BCUT2D eigenvalue weighted by atomic mass is 35.5. The molecule has 1 N–H and O–H groups in total. The number of imide groups is 1. The van der Waals surface area contributed by atoms with Crippen molar-refractivity contribution in [2.24, 2.45) is 11.8 Å². The van der Waals surface area contributed by atoms with E-state index in [1.807, 2.05) is 6.92 Å². The largest absolute Gasteiger partial charge is 0.462 e. The highest BCUT2D eigenvalue weighted by molar-refractivity contribution is 6.31. The zero-order valence-corrected chi connectivity index (χ0v) is 20.1. The predicted octanol–water partition coefficient (Wildman–Crippen LogP) is 3.26. The van der Waals surface area contributed by atoms with Crippen LogP contribution in [0.5, 0.6) is 0 Å². The fourth-order valence-electron chi connectivity index (χ4n) is 6.65. The van der Waals surface area contributed by atoms with Crippen molar-refractivity contribution >= 4 is 46.7 Å². The van der Waals surface area contributed by atoms with Crippen LogP contribution in [-0.2, 0) is 24.7 Å². The standard InChI is InChI=1S/C26H24ClN3O5/c1-3-35-24(33)14-6-8-16(9-7-14)30-22(31)19-18-5-4-10-29(18)26(20(19)23(30)32)17-12-15(27)11-13(2)21(17)28-25(26)34/h6-9,11-12,18-20H,3-5,10H2,1-2H3,(H,28,34)/t18-,19+,20+,26-/m1/s1. The number of nitrogens with one attached hydrogen (secondary N) is 1. The summed E-state index contributed by atoms with van der Waals surface area (Å²) >= 11 is 6.42. The quantitative estimate of drug-likeness (QED) is 0.521. The minimum atomic E-state index is -1.27. The molecule has 0 aliphatic carbocycles. The second-order valence-corrected chi connectivity index (χ2v) is 9.99. The number of carbonyl (C=O) groups is 4. The maximum absolute atomic E-state index is 14.0. The molecule has 3 saturated heterocycles. The van der Waals surface area contributed by atoms with E-state index < -0.39 is 29.3 Å². The maximum Gasteiger partial charge on any atom is 0.338 e. The van der Waals surface area contributed by atoms with E-state index in [-0.39, 0.29) is 24.5 Å². The molecule has 2 aromatic rings. The van der Waals surface area contributed by atoms with E-state index in [0.29, 0.717) is 34.1 Å². The van der Waals surface area contributed by atoms with E-state index in [0.717, 1.165) is 18.4 Å². The van der Waals surface area contributed by atoms with Gasteiger partial charge < -0.3 is 10.1 Å². The minimum Gasteiger partial charge on any atom is -0.462 e. The lowest BCUT2D eigenvalue weighted by Crippen LogP contribution is -2.54. The summed E-state index contributed by atoms with van der Waals surface area (Å²) < 4.78 is 5.02. The molecular formula is C26H24ClN3O5. The molecule has 0 radical (unpaired) electrons. The summed E-state index contributed by atoms with van der Waals surface area (Å²) in [5, 5.41) is 3.49. The number of amides is 3. The first-order valence-corrected chi connectivity index (χ1v) is 12.2. The van der Waals surface area contributed by atoms with Gasteiger partial charge in [0.05, 0.1) is 29.7 Å². The minimum absolute atomic E-state index is 0.212. The highest BCUT2D eigenvalue weighted by Gasteiger charge is 2.74. The van der Waals surface area contributed by atoms with Gasteiger partial charge in [0, 0.05) is 22.3 Å². The molecule has 1 spiro atoms. The Morgan fingerprint density at radius 2 is 1.91 bits per heavy atom. The van der Waals surface area contributed by atoms with Gasteiger partial charge in [0.15, 0.2) is 0 Å². The van der Waals surface area contributed by atoms with Gasteiger partial charge in [0.2, 0.25) is 17.7 Å². The SMILES string of the molecule is CCOC(=O)c1ccc(N2C(=O)[C@H]3[C@H]4CCCN4[C@@]4(C(=O)Nc5c(C)cc(Cl)cc54)[C@@H]3C2=O)cc1. The van der Waals surface area contributed by atoms with Gasteiger partial charge in [-0.1, -0.05) is 11.6 Å². The summed E-state index contributed by atoms with van der Waals surface area (Å²) in [4.78, 5) is 56.8. The van der Waals surface area contributed by atoms with Gasteiger partial charge >= 0.3 is 5.97 Å². The normalized spacial score (nSPS) is 28.9. The van der Waals surface area contributed by atoms with Gasteiger partial charge in [-0.05, 0) is 75.2 Å². The number of aryl methyl sites for hydroxylation is 1. The van der Waals surface area contributed by atoms with Crippen LogP contribution in [0.1, 0.15) is 41.3 Å². The lowest BCUT2D eigenvalue weighted by atomic mass is 9.75. The van der Waals surface area contributed by atoms with Gasteiger partial charge in [-0.3, -0.25) is 19.3 Å². The van der Waals surface area contributed by atoms with Crippen molar-refractivity contribution in [3.8, 4) is 0 Å². The zero-order chi connectivity index (χ0) is 24.6. The Morgan fingerprint density at radius 1 is 1.17 bits per heavy atom. The Labute approximate surface area is 207 Å². The lowest BCUT2D eigenvalue weighted by Gasteiger charge is -2.36. The number of ether oxygens (including phenoxy) is 1. The van der Waals surface area contributed by atoms with E-state index >= 15 is 0 Å². The van der Waals surface area contributed by atoms with Crippen LogP contribution in [0.25, 0.3) is 0 Å². The average Bonchev–Trinajstić information content (AvgIpc) is 3.53. The molecule has 3 fully saturated rings.